The Morgan fingerprint density at radius 3 is 2.86 bits per heavy atom. The molecule has 1 N–H and O–H groups in total. The van der Waals surface area contributed by atoms with Gasteiger partial charge in [-0.2, -0.15) is 0 Å². The van der Waals surface area contributed by atoms with Gasteiger partial charge in [-0.15, -0.1) is 0 Å². The van der Waals surface area contributed by atoms with E-state index in [2.05, 4.69) is 10.3 Å². The molecule has 0 saturated carbocycles. The molecule has 0 aromatic carbocycles. The number of aryl methyl sites for hydroxylation is 1. The first-order chi connectivity index (χ1) is 9.93. The van der Waals surface area contributed by atoms with Crippen molar-refractivity contribution in [2.24, 2.45) is 5.92 Å². The van der Waals surface area contributed by atoms with Gasteiger partial charge < -0.3 is 10.2 Å². The zero-order chi connectivity index (χ0) is 15.5. The van der Waals surface area contributed by atoms with Crippen LogP contribution in [0.3, 0.4) is 0 Å². The van der Waals surface area contributed by atoms with Crippen molar-refractivity contribution in [3.8, 4) is 0 Å². The van der Waals surface area contributed by atoms with Gasteiger partial charge in [-0.25, -0.2) is 0 Å². The summed E-state index contributed by atoms with van der Waals surface area (Å²) in [6.45, 7) is 4.51. The molecular weight excluding hydrogens is 266 g/mol. The molecule has 2 rings (SSSR count). The van der Waals surface area contributed by atoms with Crippen LogP contribution in [0.25, 0.3) is 0 Å². The van der Waals surface area contributed by atoms with Crippen molar-refractivity contribution in [3.63, 3.8) is 0 Å². The van der Waals surface area contributed by atoms with Crippen LogP contribution < -0.4 is 5.32 Å². The number of nitrogens with zero attached hydrogens (tertiary/aromatic N) is 2. The van der Waals surface area contributed by atoms with Crippen LogP contribution in [0.5, 0.6) is 0 Å². The van der Waals surface area contributed by atoms with Crippen molar-refractivity contribution in [2.75, 3.05) is 13.6 Å². The van der Waals surface area contributed by atoms with Crippen molar-refractivity contribution >= 4 is 11.8 Å². The van der Waals surface area contributed by atoms with Gasteiger partial charge in [0, 0.05) is 37.9 Å². The van der Waals surface area contributed by atoms with E-state index in [1.807, 2.05) is 32.2 Å². The first-order valence-electron chi connectivity index (χ1n) is 7.36. The second-order valence-corrected chi connectivity index (χ2v) is 6.12. The van der Waals surface area contributed by atoms with Gasteiger partial charge in [0.05, 0.1) is 5.92 Å². The highest BCUT2D eigenvalue weighted by molar-refractivity contribution is 5.90. The molecular formula is C16H23N3O2. The quantitative estimate of drug-likeness (QED) is 0.833. The van der Waals surface area contributed by atoms with Crippen LogP contribution in [0.4, 0.5) is 0 Å². The van der Waals surface area contributed by atoms with Crippen molar-refractivity contribution < 1.29 is 9.59 Å². The summed E-state index contributed by atoms with van der Waals surface area (Å²) < 4.78 is 0. The summed E-state index contributed by atoms with van der Waals surface area (Å²) in [6, 6.07) is 3.94. The Kier molecular flexibility index (Phi) is 4.60. The fourth-order valence-corrected chi connectivity index (χ4v) is 2.70. The summed E-state index contributed by atoms with van der Waals surface area (Å²) >= 11 is 0. The Balaban J connectivity index is 1.79. The molecule has 5 heteroatoms. The summed E-state index contributed by atoms with van der Waals surface area (Å²) in [6.07, 6.45) is 5.66. The smallest absolute Gasteiger partial charge is 0.225 e. The molecule has 1 aliphatic heterocycles. The molecule has 2 amide bonds. The third-order valence-electron chi connectivity index (χ3n) is 4.45. The largest absolute Gasteiger partial charge is 0.356 e. The van der Waals surface area contributed by atoms with Crippen LogP contribution in [0.15, 0.2) is 24.5 Å². The summed E-state index contributed by atoms with van der Waals surface area (Å²) in [5.41, 5.74) is 0.757. The number of hydrogen-bond donors (Lipinski definition) is 1. The summed E-state index contributed by atoms with van der Waals surface area (Å²) in [5.74, 6) is -0.257. The van der Waals surface area contributed by atoms with Crippen LogP contribution in [0.1, 0.15) is 32.3 Å². The number of likely N-dealkylation sites (tertiary alicyclic amines) is 1. The molecule has 114 valence electrons. The van der Waals surface area contributed by atoms with E-state index < -0.39 is 5.54 Å². The second-order valence-electron chi connectivity index (χ2n) is 6.12. The monoisotopic (exact) mass is 289 g/mol. The van der Waals surface area contributed by atoms with E-state index in [-0.39, 0.29) is 17.7 Å². The van der Waals surface area contributed by atoms with Crippen LogP contribution in [0.2, 0.25) is 0 Å². The molecule has 1 fully saturated rings. The summed E-state index contributed by atoms with van der Waals surface area (Å²) in [7, 11) is 1.76. The predicted octanol–water partition coefficient (Wildman–Crippen LogP) is 1.39. The van der Waals surface area contributed by atoms with E-state index in [1.54, 1.807) is 18.1 Å². The Morgan fingerprint density at radius 2 is 2.29 bits per heavy atom. The van der Waals surface area contributed by atoms with Crippen molar-refractivity contribution in [1.82, 2.24) is 15.2 Å². The first-order valence-corrected chi connectivity index (χ1v) is 7.36. The highest BCUT2D eigenvalue weighted by Crippen LogP contribution is 2.34. The van der Waals surface area contributed by atoms with E-state index in [4.69, 9.17) is 0 Å². The molecule has 0 aliphatic carbocycles. The third kappa shape index (κ3) is 3.40. The van der Waals surface area contributed by atoms with Gasteiger partial charge in [0.25, 0.3) is 0 Å². The van der Waals surface area contributed by atoms with E-state index in [0.717, 1.165) is 12.8 Å². The Hall–Kier alpha value is -1.91. The molecule has 0 radical (unpaired) electrons. The molecule has 1 aliphatic rings. The van der Waals surface area contributed by atoms with Crippen LogP contribution in [-0.2, 0) is 16.0 Å². The topological polar surface area (TPSA) is 62.3 Å². The minimum absolute atomic E-state index is 0.0242. The third-order valence-corrected chi connectivity index (χ3v) is 4.45. The number of carbonyl (C=O) groups excluding carboxylic acids is 2. The van der Waals surface area contributed by atoms with E-state index in [9.17, 15) is 9.59 Å². The number of amides is 2. The Morgan fingerprint density at radius 1 is 1.52 bits per heavy atom. The molecule has 2 heterocycles. The molecule has 0 bridgehead atoms. The number of hydrogen-bond acceptors (Lipinski definition) is 3. The highest BCUT2D eigenvalue weighted by atomic mass is 16.2. The zero-order valence-electron chi connectivity index (χ0n) is 12.9. The lowest BCUT2D eigenvalue weighted by Gasteiger charge is -2.32. The second kappa shape index (κ2) is 6.24. The molecule has 1 aromatic rings. The Labute approximate surface area is 125 Å². The number of rotatable bonds is 5. The number of nitrogens with one attached hydrogen (secondary N) is 1. The normalized spacial score (nSPS) is 20.6. The molecule has 5 nitrogen and oxygen atoms in total. The molecule has 1 aromatic heterocycles. The average Bonchev–Trinajstić information content (AvgIpc) is 2.68. The minimum Gasteiger partial charge on any atom is -0.356 e. The van der Waals surface area contributed by atoms with Crippen LogP contribution in [0, 0.1) is 5.92 Å². The maximum atomic E-state index is 12.3. The van der Waals surface area contributed by atoms with Gasteiger partial charge in [0.1, 0.15) is 0 Å². The molecule has 0 unspecified atom stereocenters. The summed E-state index contributed by atoms with van der Waals surface area (Å²) in [5, 5.41) is 2.95. The molecule has 1 saturated heterocycles. The number of pyridine rings is 1. The van der Waals surface area contributed by atoms with E-state index in [0.29, 0.717) is 13.0 Å². The van der Waals surface area contributed by atoms with Gasteiger partial charge >= 0.3 is 0 Å². The fourth-order valence-electron chi connectivity index (χ4n) is 2.70. The van der Waals surface area contributed by atoms with E-state index in [1.165, 1.54) is 5.56 Å². The maximum Gasteiger partial charge on any atom is 0.225 e. The first kappa shape index (κ1) is 15.5. The average molecular weight is 289 g/mol. The minimum atomic E-state index is -0.412. The summed E-state index contributed by atoms with van der Waals surface area (Å²) in [4.78, 5) is 29.8. The standard InChI is InChI=1S/C16H23N3O2/c1-16(2)13(10-14(20)19(16)3)15(21)18-9-5-7-12-6-4-8-17-11-12/h4,6,8,11,13H,5,7,9-10H2,1-3H3,(H,18,21)/t13-/m1/s1. The Bertz CT molecular complexity index is 514. The maximum absolute atomic E-state index is 12.3. The van der Waals surface area contributed by atoms with Gasteiger partial charge in [-0.1, -0.05) is 6.07 Å². The lowest BCUT2D eigenvalue weighted by Crippen LogP contribution is -2.47. The molecule has 1 atom stereocenters. The number of carbonyl (C=O) groups is 2. The lowest BCUT2D eigenvalue weighted by atomic mass is 9.88. The lowest BCUT2D eigenvalue weighted by molar-refractivity contribution is -0.128. The zero-order valence-corrected chi connectivity index (χ0v) is 12.9. The predicted molar refractivity (Wildman–Crippen MR) is 80.5 cm³/mol. The van der Waals surface area contributed by atoms with E-state index >= 15 is 0 Å². The van der Waals surface area contributed by atoms with Crippen molar-refractivity contribution in [2.45, 2.75) is 38.6 Å². The molecule has 21 heavy (non-hydrogen) atoms. The fraction of sp³-hybridized carbons (Fsp3) is 0.562. The van der Waals surface area contributed by atoms with Crippen LogP contribution >= 0.6 is 0 Å². The van der Waals surface area contributed by atoms with Crippen molar-refractivity contribution in [1.29, 1.82) is 0 Å². The highest BCUT2D eigenvalue weighted by Gasteiger charge is 2.47. The van der Waals surface area contributed by atoms with Gasteiger partial charge in [-0.3, -0.25) is 14.6 Å². The van der Waals surface area contributed by atoms with Gasteiger partial charge in [-0.05, 0) is 38.3 Å². The van der Waals surface area contributed by atoms with Crippen molar-refractivity contribution in [3.05, 3.63) is 30.1 Å². The molecule has 0 spiro atoms. The van der Waals surface area contributed by atoms with Gasteiger partial charge in [0.15, 0.2) is 0 Å². The van der Waals surface area contributed by atoms with Gasteiger partial charge in [0.2, 0.25) is 11.8 Å². The SMILES string of the molecule is CN1C(=O)C[C@H](C(=O)NCCCc2cccnc2)C1(C)C. The number of aromatic nitrogens is 1. The van der Waals surface area contributed by atoms with Crippen LogP contribution in [-0.4, -0.2) is 40.8 Å².